The molecule has 0 spiro atoms. The van der Waals surface area contributed by atoms with Crippen molar-refractivity contribution in [2.75, 3.05) is 19.8 Å². The highest BCUT2D eigenvalue weighted by Gasteiger charge is 2.26. The molecule has 0 aromatic heterocycles. The average molecular weight is 735 g/mol. The van der Waals surface area contributed by atoms with Crippen molar-refractivity contribution in [3.05, 3.63) is 72.9 Å². The predicted molar refractivity (Wildman–Crippen MR) is 216 cm³/mol. The van der Waals surface area contributed by atoms with Crippen LogP contribution in [0.4, 0.5) is 0 Å². The smallest absolute Gasteiger partial charge is 0.387 e. The standard InChI is InChI=1S/C42H75N2O6P/c1-3-5-7-9-11-13-15-17-19-20-22-23-25-27-29-31-33-35-41(45)40(39-50-51(47,48)49-38-37-43)44-42(46)36-34-32-30-28-26-24-21-18-16-14-12-10-8-6-4-2/h6,8,12,14,18,21,25-28,33,35,40-41,45H,3-5,7,9-11,13,15-17,19-20,22-24,29-32,34,36-39,43H2,1-2H3,(H,44,46)(H,47,48)/b8-6-,14-12-,21-18-,27-25+,28-26-,35-33+. The van der Waals surface area contributed by atoms with Gasteiger partial charge in [-0.25, -0.2) is 4.57 Å². The van der Waals surface area contributed by atoms with Gasteiger partial charge in [0.15, 0.2) is 0 Å². The van der Waals surface area contributed by atoms with Crippen LogP contribution in [-0.4, -0.2) is 47.8 Å². The molecule has 51 heavy (non-hydrogen) atoms. The summed E-state index contributed by atoms with van der Waals surface area (Å²) in [6.07, 6.45) is 48.1. The fraction of sp³-hybridized carbons (Fsp3) is 0.690. The van der Waals surface area contributed by atoms with E-state index in [0.29, 0.717) is 6.42 Å². The molecule has 0 saturated carbocycles. The van der Waals surface area contributed by atoms with Crippen LogP contribution < -0.4 is 11.1 Å². The highest BCUT2D eigenvalue weighted by Crippen LogP contribution is 2.43. The Hall–Kier alpha value is -2.06. The fourth-order valence-corrected chi connectivity index (χ4v) is 6.01. The van der Waals surface area contributed by atoms with Crippen LogP contribution in [0.3, 0.4) is 0 Å². The zero-order valence-electron chi connectivity index (χ0n) is 32.3. The van der Waals surface area contributed by atoms with Crippen molar-refractivity contribution in [2.24, 2.45) is 5.73 Å². The molecule has 294 valence electrons. The normalized spacial score (nSPS) is 15.0. The Kier molecular flexibility index (Phi) is 36.2. The minimum Gasteiger partial charge on any atom is -0.387 e. The summed E-state index contributed by atoms with van der Waals surface area (Å²) in [7, 11) is -4.36. The van der Waals surface area contributed by atoms with Gasteiger partial charge in [-0.15, -0.1) is 0 Å². The van der Waals surface area contributed by atoms with E-state index in [0.717, 1.165) is 57.8 Å². The number of rotatable bonds is 36. The second kappa shape index (κ2) is 37.7. The third kappa shape index (κ3) is 36.1. The van der Waals surface area contributed by atoms with Gasteiger partial charge >= 0.3 is 7.82 Å². The molecule has 9 heteroatoms. The first-order chi connectivity index (χ1) is 24.9. The molecular weight excluding hydrogens is 659 g/mol. The minimum atomic E-state index is -4.36. The van der Waals surface area contributed by atoms with Crippen molar-refractivity contribution in [3.8, 4) is 0 Å². The molecule has 1 amide bonds. The van der Waals surface area contributed by atoms with Crippen molar-refractivity contribution >= 4 is 13.7 Å². The van der Waals surface area contributed by atoms with E-state index >= 15 is 0 Å². The van der Waals surface area contributed by atoms with Gasteiger partial charge in [0.2, 0.25) is 5.91 Å². The van der Waals surface area contributed by atoms with Crippen molar-refractivity contribution < 1.29 is 28.4 Å². The topological polar surface area (TPSA) is 131 Å². The number of phosphoric ester groups is 1. The zero-order valence-corrected chi connectivity index (χ0v) is 33.2. The summed E-state index contributed by atoms with van der Waals surface area (Å²) >= 11 is 0. The lowest BCUT2D eigenvalue weighted by Crippen LogP contribution is -2.45. The van der Waals surface area contributed by atoms with Crippen LogP contribution in [0.1, 0.15) is 155 Å². The van der Waals surface area contributed by atoms with Gasteiger partial charge in [0.1, 0.15) is 0 Å². The predicted octanol–water partition coefficient (Wildman–Crippen LogP) is 10.9. The number of phosphoric acid groups is 1. The van der Waals surface area contributed by atoms with Gasteiger partial charge in [0.05, 0.1) is 25.4 Å². The first-order valence-corrected chi connectivity index (χ1v) is 21.6. The fourth-order valence-electron chi connectivity index (χ4n) is 5.25. The van der Waals surface area contributed by atoms with Crippen LogP contribution in [0.5, 0.6) is 0 Å². The second-order valence-electron chi connectivity index (χ2n) is 13.1. The maximum Gasteiger partial charge on any atom is 0.472 e. The molecule has 0 aromatic carbocycles. The monoisotopic (exact) mass is 735 g/mol. The number of unbranched alkanes of at least 4 members (excludes halogenated alkanes) is 14. The molecule has 0 bridgehead atoms. The van der Waals surface area contributed by atoms with Gasteiger partial charge in [-0.2, -0.15) is 0 Å². The third-order valence-corrected chi connectivity index (χ3v) is 9.25. The number of aliphatic hydroxyl groups excluding tert-OH is 1. The molecule has 0 aromatic rings. The maximum absolute atomic E-state index is 12.7. The Balaban J connectivity index is 4.42. The molecule has 0 saturated heterocycles. The lowest BCUT2D eigenvalue weighted by atomic mass is 10.1. The second-order valence-corrected chi connectivity index (χ2v) is 14.6. The minimum absolute atomic E-state index is 0.0636. The Morgan fingerprint density at radius 3 is 1.75 bits per heavy atom. The summed E-state index contributed by atoms with van der Waals surface area (Å²) in [6, 6.07) is -0.901. The van der Waals surface area contributed by atoms with E-state index in [-0.39, 0.29) is 32.1 Å². The maximum atomic E-state index is 12.7. The number of carbonyl (C=O) groups excluding carboxylic acids is 1. The molecule has 0 heterocycles. The summed E-state index contributed by atoms with van der Waals surface area (Å²) in [5.41, 5.74) is 5.36. The number of nitrogens with two attached hydrogens (primary N) is 1. The highest BCUT2D eigenvalue weighted by molar-refractivity contribution is 7.47. The van der Waals surface area contributed by atoms with Gasteiger partial charge in [-0.1, -0.05) is 151 Å². The third-order valence-electron chi connectivity index (χ3n) is 8.27. The molecule has 0 aliphatic carbocycles. The van der Waals surface area contributed by atoms with Crippen LogP contribution in [-0.2, 0) is 18.4 Å². The van der Waals surface area contributed by atoms with Crippen LogP contribution in [0.15, 0.2) is 72.9 Å². The molecule has 0 rings (SSSR count). The van der Waals surface area contributed by atoms with E-state index < -0.39 is 20.0 Å². The van der Waals surface area contributed by atoms with Crippen LogP contribution in [0, 0.1) is 0 Å². The van der Waals surface area contributed by atoms with E-state index in [1.807, 2.05) is 6.08 Å². The lowest BCUT2D eigenvalue weighted by Gasteiger charge is -2.23. The SMILES string of the molecule is CC/C=C\C/C=C\C/C=C\C/C=C\CCCCC(=O)NC(COP(=O)(O)OCCN)C(O)/C=C/CC/C=C/CCCCCCCCCCCCC. The van der Waals surface area contributed by atoms with Gasteiger partial charge in [-0.3, -0.25) is 13.8 Å². The Morgan fingerprint density at radius 2 is 1.16 bits per heavy atom. The quantitative estimate of drug-likeness (QED) is 0.0286. The molecule has 0 radical (unpaired) electrons. The molecule has 3 atom stereocenters. The molecule has 0 aliphatic rings. The summed E-state index contributed by atoms with van der Waals surface area (Å²) in [5.74, 6) is -0.248. The number of hydrogen-bond acceptors (Lipinski definition) is 6. The van der Waals surface area contributed by atoms with Gasteiger partial charge in [-0.05, 0) is 70.6 Å². The summed E-state index contributed by atoms with van der Waals surface area (Å²) < 4.78 is 22.0. The summed E-state index contributed by atoms with van der Waals surface area (Å²) in [6.45, 7) is 3.94. The van der Waals surface area contributed by atoms with Gasteiger partial charge < -0.3 is 21.1 Å². The Bertz CT molecular complexity index is 1020. The van der Waals surface area contributed by atoms with E-state index in [1.165, 1.54) is 70.6 Å². The van der Waals surface area contributed by atoms with Gasteiger partial charge in [0, 0.05) is 13.0 Å². The van der Waals surface area contributed by atoms with E-state index in [4.69, 9.17) is 14.8 Å². The highest BCUT2D eigenvalue weighted by atomic mass is 31.2. The molecule has 0 fully saturated rings. The van der Waals surface area contributed by atoms with E-state index in [1.54, 1.807) is 6.08 Å². The largest absolute Gasteiger partial charge is 0.472 e. The number of aliphatic hydroxyl groups is 1. The first kappa shape index (κ1) is 48.9. The first-order valence-electron chi connectivity index (χ1n) is 20.1. The molecule has 8 nitrogen and oxygen atoms in total. The molecule has 3 unspecified atom stereocenters. The average Bonchev–Trinajstić information content (AvgIpc) is 3.12. The number of hydrogen-bond donors (Lipinski definition) is 4. The molecular formula is C42H75N2O6P. The van der Waals surface area contributed by atoms with Gasteiger partial charge in [0.25, 0.3) is 0 Å². The number of amides is 1. The lowest BCUT2D eigenvalue weighted by molar-refractivity contribution is -0.123. The van der Waals surface area contributed by atoms with Crippen molar-refractivity contribution in [3.63, 3.8) is 0 Å². The van der Waals surface area contributed by atoms with Crippen molar-refractivity contribution in [2.45, 2.75) is 167 Å². The number of carbonyl (C=O) groups is 1. The van der Waals surface area contributed by atoms with Crippen LogP contribution in [0.25, 0.3) is 0 Å². The van der Waals surface area contributed by atoms with Crippen LogP contribution >= 0.6 is 7.82 Å². The molecule has 0 aliphatic heterocycles. The zero-order chi connectivity index (χ0) is 37.5. The Labute approximate surface area is 312 Å². The van der Waals surface area contributed by atoms with E-state index in [2.05, 4.69) is 79.9 Å². The summed E-state index contributed by atoms with van der Waals surface area (Å²) in [5, 5.41) is 13.6. The van der Waals surface area contributed by atoms with E-state index in [9.17, 15) is 19.4 Å². The Morgan fingerprint density at radius 1 is 0.667 bits per heavy atom. The molecule has 5 N–H and O–H groups in total. The number of nitrogens with one attached hydrogen (secondary N) is 1. The van der Waals surface area contributed by atoms with Crippen LogP contribution in [0.2, 0.25) is 0 Å². The van der Waals surface area contributed by atoms with Crippen molar-refractivity contribution in [1.82, 2.24) is 5.32 Å². The van der Waals surface area contributed by atoms with Crippen molar-refractivity contribution in [1.29, 1.82) is 0 Å². The number of allylic oxidation sites excluding steroid dienone is 11. The summed E-state index contributed by atoms with van der Waals surface area (Å²) in [4.78, 5) is 22.6.